The average molecular weight is 483 g/mol. The molecule has 2 aromatic rings. The van der Waals surface area contributed by atoms with Gasteiger partial charge in [0.25, 0.3) is 5.91 Å². The van der Waals surface area contributed by atoms with Crippen LogP contribution in [0.25, 0.3) is 0 Å². The second-order valence-electron chi connectivity index (χ2n) is 7.44. The van der Waals surface area contributed by atoms with Crippen molar-refractivity contribution in [3.8, 4) is 0 Å². The van der Waals surface area contributed by atoms with Crippen LogP contribution in [-0.4, -0.2) is 35.1 Å². The molecule has 1 heterocycles. The van der Waals surface area contributed by atoms with E-state index in [0.717, 1.165) is 31.2 Å². The number of benzene rings is 2. The molecular weight excluding hydrogens is 458 g/mol. The lowest BCUT2D eigenvalue weighted by Crippen LogP contribution is -2.48. The van der Waals surface area contributed by atoms with E-state index in [4.69, 9.17) is 23.2 Å². The molecule has 1 fully saturated rings. The van der Waals surface area contributed by atoms with Crippen LogP contribution >= 0.6 is 35.0 Å². The molecular formula is C23H25Cl2FN2O2S. The molecule has 2 amide bonds. The summed E-state index contributed by atoms with van der Waals surface area (Å²) < 4.78 is 13.4. The topological polar surface area (TPSA) is 49.4 Å². The minimum absolute atomic E-state index is 0.188. The molecule has 2 aromatic carbocycles. The number of thioether (sulfide) groups is 1. The average Bonchev–Trinajstić information content (AvgIpc) is 3.19. The van der Waals surface area contributed by atoms with Crippen molar-refractivity contribution in [1.29, 1.82) is 0 Å². The number of hydrogen-bond acceptors (Lipinski definition) is 3. The second-order valence-corrected chi connectivity index (χ2v) is 9.40. The fourth-order valence-electron chi connectivity index (χ4n) is 3.52. The largest absolute Gasteiger partial charge is 0.354 e. The molecule has 0 saturated carbocycles. The van der Waals surface area contributed by atoms with Crippen LogP contribution in [0.4, 0.5) is 4.39 Å². The second kappa shape index (κ2) is 11.2. The maximum atomic E-state index is 13.5. The number of carbonyl (C=O) groups excluding carboxylic acids is 2. The smallest absolute Gasteiger partial charge is 0.257 e. The summed E-state index contributed by atoms with van der Waals surface area (Å²) in [5.41, 5.74) is 1.03. The molecule has 8 heteroatoms. The van der Waals surface area contributed by atoms with Gasteiger partial charge in [-0.2, -0.15) is 0 Å². The van der Waals surface area contributed by atoms with Crippen LogP contribution < -0.4 is 5.32 Å². The van der Waals surface area contributed by atoms with E-state index >= 15 is 0 Å². The molecule has 1 aliphatic heterocycles. The van der Waals surface area contributed by atoms with Gasteiger partial charge in [0.1, 0.15) is 17.2 Å². The summed E-state index contributed by atoms with van der Waals surface area (Å²) >= 11 is 13.7. The van der Waals surface area contributed by atoms with Gasteiger partial charge in [-0.3, -0.25) is 9.59 Å². The van der Waals surface area contributed by atoms with Crippen molar-refractivity contribution in [2.75, 3.05) is 12.3 Å². The molecule has 4 nitrogen and oxygen atoms in total. The quantitative estimate of drug-likeness (QED) is 0.463. The first kappa shape index (κ1) is 23.9. The Kier molecular flexibility index (Phi) is 8.64. The number of carbonyl (C=O) groups is 2. The third-order valence-electron chi connectivity index (χ3n) is 5.18. The molecule has 0 bridgehead atoms. The van der Waals surface area contributed by atoms with Crippen molar-refractivity contribution in [3.05, 3.63) is 69.5 Å². The fraction of sp³-hybridized carbons (Fsp3) is 0.391. The first-order valence-electron chi connectivity index (χ1n) is 10.3. The standard InChI is InChI=1S/C23H25Cl2FN2O2S/c1-2-3-4-5-12-27-21(29)20-14-31-23(15-6-9-17(26)10-7-15)28(20)22(30)18-11-8-16(24)13-19(18)25/h6-11,13,20,23H,2-5,12,14H2,1H3,(H,27,29). The van der Waals surface area contributed by atoms with Crippen molar-refractivity contribution in [2.24, 2.45) is 0 Å². The van der Waals surface area contributed by atoms with Crippen molar-refractivity contribution >= 4 is 46.8 Å². The maximum Gasteiger partial charge on any atom is 0.257 e. The molecule has 1 aliphatic rings. The lowest BCUT2D eigenvalue weighted by Gasteiger charge is -2.29. The van der Waals surface area contributed by atoms with Crippen molar-refractivity contribution in [3.63, 3.8) is 0 Å². The van der Waals surface area contributed by atoms with Crippen molar-refractivity contribution in [2.45, 2.75) is 44.0 Å². The molecule has 0 spiro atoms. The zero-order valence-electron chi connectivity index (χ0n) is 17.2. The van der Waals surface area contributed by atoms with E-state index in [1.807, 2.05) is 0 Å². The Morgan fingerprint density at radius 1 is 1.13 bits per heavy atom. The van der Waals surface area contributed by atoms with Gasteiger partial charge in [-0.25, -0.2) is 4.39 Å². The number of amides is 2. The number of unbranched alkanes of at least 4 members (excludes halogenated alkanes) is 3. The monoisotopic (exact) mass is 482 g/mol. The van der Waals surface area contributed by atoms with Gasteiger partial charge in [0.2, 0.25) is 5.91 Å². The van der Waals surface area contributed by atoms with Gasteiger partial charge >= 0.3 is 0 Å². The van der Waals surface area contributed by atoms with Crippen LogP contribution in [0.1, 0.15) is 53.9 Å². The summed E-state index contributed by atoms with van der Waals surface area (Å²) in [6.45, 7) is 2.71. The van der Waals surface area contributed by atoms with E-state index in [1.54, 1.807) is 29.2 Å². The Bertz CT molecular complexity index is 926. The molecule has 0 aliphatic carbocycles. The number of rotatable bonds is 8. The lowest BCUT2D eigenvalue weighted by atomic mass is 10.1. The normalized spacial score (nSPS) is 18.3. The van der Waals surface area contributed by atoms with E-state index < -0.39 is 11.4 Å². The van der Waals surface area contributed by atoms with Gasteiger partial charge < -0.3 is 10.2 Å². The number of halogens is 3. The first-order chi connectivity index (χ1) is 14.9. The zero-order valence-corrected chi connectivity index (χ0v) is 19.6. The van der Waals surface area contributed by atoms with Crippen molar-refractivity contribution < 1.29 is 14.0 Å². The molecule has 166 valence electrons. The third kappa shape index (κ3) is 5.93. The molecule has 0 aromatic heterocycles. The first-order valence-corrected chi connectivity index (χ1v) is 12.1. The highest BCUT2D eigenvalue weighted by Gasteiger charge is 2.43. The van der Waals surface area contributed by atoms with Gasteiger partial charge in [0, 0.05) is 17.3 Å². The van der Waals surface area contributed by atoms with Crippen LogP contribution in [0.15, 0.2) is 42.5 Å². The highest BCUT2D eigenvalue weighted by Crippen LogP contribution is 2.43. The number of hydrogen-bond donors (Lipinski definition) is 1. The molecule has 3 rings (SSSR count). The molecule has 31 heavy (non-hydrogen) atoms. The van der Waals surface area contributed by atoms with Crippen molar-refractivity contribution in [1.82, 2.24) is 10.2 Å². The Labute approximate surface area is 196 Å². The van der Waals surface area contributed by atoms with Crippen LogP contribution in [0.3, 0.4) is 0 Å². The van der Waals surface area contributed by atoms with E-state index in [0.29, 0.717) is 17.3 Å². The molecule has 2 atom stereocenters. The van der Waals surface area contributed by atoms with E-state index in [9.17, 15) is 14.0 Å². The van der Waals surface area contributed by atoms with Crippen LogP contribution in [-0.2, 0) is 4.79 Å². The minimum Gasteiger partial charge on any atom is -0.354 e. The molecule has 1 saturated heterocycles. The van der Waals surface area contributed by atoms with Gasteiger partial charge in [-0.1, -0.05) is 61.5 Å². The predicted octanol–water partition coefficient (Wildman–Crippen LogP) is 6.09. The number of nitrogens with one attached hydrogen (secondary N) is 1. The Morgan fingerprint density at radius 2 is 1.87 bits per heavy atom. The summed E-state index contributed by atoms with van der Waals surface area (Å²) in [5, 5.41) is 3.20. The maximum absolute atomic E-state index is 13.5. The van der Waals surface area contributed by atoms with E-state index in [1.165, 1.54) is 30.0 Å². The summed E-state index contributed by atoms with van der Waals surface area (Å²) in [6, 6.07) is 10.0. The Hall–Kier alpha value is -1.76. The van der Waals surface area contributed by atoms with Gasteiger partial charge in [-0.05, 0) is 42.3 Å². The summed E-state index contributed by atoms with van der Waals surface area (Å²) in [5.74, 6) is -0.453. The Balaban J connectivity index is 1.84. The third-order valence-corrected chi connectivity index (χ3v) is 7.05. The highest BCUT2D eigenvalue weighted by molar-refractivity contribution is 7.99. The Morgan fingerprint density at radius 3 is 2.55 bits per heavy atom. The zero-order chi connectivity index (χ0) is 22.4. The SMILES string of the molecule is CCCCCCNC(=O)C1CSC(c2ccc(F)cc2)N1C(=O)c1ccc(Cl)cc1Cl. The van der Waals surface area contributed by atoms with Crippen LogP contribution in [0.5, 0.6) is 0 Å². The summed E-state index contributed by atoms with van der Waals surface area (Å²) in [6.07, 6.45) is 4.20. The molecule has 1 N–H and O–H groups in total. The predicted molar refractivity (Wildman–Crippen MR) is 125 cm³/mol. The van der Waals surface area contributed by atoms with E-state index in [2.05, 4.69) is 12.2 Å². The summed E-state index contributed by atoms with van der Waals surface area (Å²) in [4.78, 5) is 28.0. The van der Waals surface area contributed by atoms with E-state index in [-0.39, 0.29) is 28.2 Å². The van der Waals surface area contributed by atoms with Gasteiger partial charge in [0.15, 0.2) is 0 Å². The van der Waals surface area contributed by atoms with Gasteiger partial charge in [0.05, 0.1) is 10.6 Å². The fourth-order valence-corrected chi connectivity index (χ4v) is 5.44. The summed E-state index contributed by atoms with van der Waals surface area (Å²) in [7, 11) is 0. The molecule has 2 unspecified atom stereocenters. The minimum atomic E-state index is -0.648. The van der Waals surface area contributed by atoms with Crippen LogP contribution in [0.2, 0.25) is 10.0 Å². The van der Waals surface area contributed by atoms with Gasteiger partial charge in [-0.15, -0.1) is 11.8 Å². The lowest BCUT2D eigenvalue weighted by molar-refractivity contribution is -0.124. The van der Waals surface area contributed by atoms with Crippen LogP contribution in [0, 0.1) is 5.82 Å². The number of nitrogens with zero attached hydrogens (tertiary/aromatic N) is 1. The highest BCUT2D eigenvalue weighted by atomic mass is 35.5. The molecule has 0 radical (unpaired) electrons.